The maximum atomic E-state index is 12.8. The van der Waals surface area contributed by atoms with Gasteiger partial charge in [-0.05, 0) is 29.9 Å². The number of fused-ring (bicyclic) bond motifs is 5. The van der Waals surface area contributed by atoms with Gasteiger partial charge >= 0.3 is 0 Å². The quantitative estimate of drug-likeness (QED) is 0.629. The van der Waals surface area contributed by atoms with E-state index in [1.165, 1.54) is 4.90 Å². The van der Waals surface area contributed by atoms with Crippen molar-refractivity contribution in [3.8, 4) is 0 Å². The summed E-state index contributed by atoms with van der Waals surface area (Å²) in [6.45, 7) is 0.496. The SMILES string of the molecule is O=C1[C@@H]2[C@H](C(=O)N1c1ccn(Cc3ccccc3Cl)n1)[C@H]1C=C[C@H]2C1. The molecule has 2 aliphatic carbocycles. The van der Waals surface area contributed by atoms with Gasteiger partial charge in [0.05, 0.1) is 18.4 Å². The van der Waals surface area contributed by atoms with E-state index in [1.807, 2.05) is 24.3 Å². The molecule has 2 amide bonds. The van der Waals surface area contributed by atoms with E-state index < -0.39 is 0 Å². The molecule has 0 radical (unpaired) electrons. The van der Waals surface area contributed by atoms with E-state index in [9.17, 15) is 9.59 Å². The number of amides is 2. The number of benzene rings is 1. The predicted octanol–water partition coefficient (Wildman–Crippen LogP) is 2.90. The summed E-state index contributed by atoms with van der Waals surface area (Å²) in [7, 11) is 0. The van der Waals surface area contributed by atoms with Crippen LogP contribution in [0.1, 0.15) is 12.0 Å². The minimum Gasteiger partial charge on any atom is -0.274 e. The van der Waals surface area contributed by atoms with Crippen molar-refractivity contribution in [3.63, 3.8) is 0 Å². The van der Waals surface area contributed by atoms with Crippen molar-refractivity contribution in [2.75, 3.05) is 4.90 Å². The molecule has 1 aromatic carbocycles. The highest BCUT2D eigenvalue weighted by Gasteiger charge is 2.59. The largest absolute Gasteiger partial charge is 0.274 e. The Morgan fingerprint density at radius 2 is 1.72 bits per heavy atom. The average Bonchev–Trinajstić information content (AvgIpc) is 3.35. The first-order valence-electron chi connectivity index (χ1n) is 8.46. The van der Waals surface area contributed by atoms with E-state index in [4.69, 9.17) is 11.6 Å². The minimum absolute atomic E-state index is 0.102. The van der Waals surface area contributed by atoms with Crippen molar-refractivity contribution >= 4 is 29.2 Å². The smallest absolute Gasteiger partial charge is 0.239 e. The van der Waals surface area contributed by atoms with Gasteiger partial charge in [0.2, 0.25) is 11.8 Å². The number of allylic oxidation sites excluding steroid dienone is 2. The van der Waals surface area contributed by atoms with Gasteiger partial charge in [0.15, 0.2) is 5.82 Å². The van der Waals surface area contributed by atoms with Crippen molar-refractivity contribution in [2.24, 2.45) is 23.7 Å². The zero-order chi connectivity index (χ0) is 17.1. The van der Waals surface area contributed by atoms with E-state index >= 15 is 0 Å². The number of imide groups is 1. The normalized spacial score (nSPS) is 29.7. The van der Waals surface area contributed by atoms with Gasteiger partial charge in [0.25, 0.3) is 0 Å². The lowest BCUT2D eigenvalue weighted by Gasteiger charge is -2.14. The molecular weight excluding hydrogens is 338 g/mol. The summed E-state index contributed by atoms with van der Waals surface area (Å²) in [5.74, 6) is 0.233. The molecule has 2 heterocycles. The molecule has 6 heteroatoms. The number of anilines is 1. The molecule has 2 fully saturated rings. The monoisotopic (exact) mass is 353 g/mol. The standard InChI is InChI=1S/C19H16ClN3O2/c20-14-4-2-1-3-13(14)10-22-8-7-15(21-22)23-18(24)16-11-5-6-12(9-11)17(16)19(23)25/h1-8,11-12,16-17H,9-10H2/t11-,12-,16-,17+/m0/s1. The summed E-state index contributed by atoms with van der Waals surface area (Å²) in [4.78, 5) is 26.9. The van der Waals surface area contributed by atoms with E-state index in [1.54, 1.807) is 16.9 Å². The van der Waals surface area contributed by atoms with Crippen molar-refractivity contribution in [3.05, 3.63) is 59.3 Å². The third-order valence-electron chi connectivity index (χ3n) is 5.62. The second-order valence-electron chi connectivity index (χ2n) is 6.97. The summed E-state index contributed by atoms with van der Waals surface area (Å²) in [6.07, 6.45) is 6.90. The van der Waals surface area contributed by atoms with Gasteiger partial charge in [0.1, 0.15) is 0 Å². The molecule has 0 spiro atoms. The molecule has 1 aromatic heterocycles. The lowest BCUT2D eigenvalue weighted by atomic mass is 9.85. The van der Waals surface area contributed by atoms with Crippen LogP contribution in [0.5, 0.6) is 0 Å². The fourth-order valence-electron chi connectivity index (χ4n) is 4.49. The molecule has 1 saturated carbocycles. The van der Waals surface area contributed by atoms with Crippen LogP contribution in [0.3, 0.4) is 0 Å². The van der Waals surface area contributed by atoms with Gasteiger partial charge < -0.3 is 0 Å². The van der Waals surface area contributed by atoms with Gasteiger partial charge in [-0.15, -0.1) is 0 Å². The number of halogens is 1. The van der Waals surface area contributed by atoms with Crippen LogP contribution in [0.2, 0.25) is 5.02 Å². The Morgan fingerprint density at radius 1 is 1.04 bits per heavy atom. The molecule has 5 nitrogen and oxygen atoms in total. The van der Waals surface area contributed by atoms with Crippen LogP contribution >= 0.6 is 11.6 Å². The molecule has 0 unspecified atom stereocenters. The highest BCUT2D eigenvalue weighted by Crippen LogP contribution is 2.53. The highest BCUT2D eigenvalue weighted by molar-refractivity contribution is 6.31. The zero-order valence-electron chi connectivity index (χ0n) is 13.4. The highest BCUT2D eigenvalue weighted by atomic mass is 35.5. The summed E-state index contributed by atoms with van der Waals surface area (Å²) >= 11 is 6.19. The summed E-state index contributed by atoms with van der Waals surface area (Å²) in [5.41, 5.74) is 0.942. The number of carbonyl (C=O) groups excluding carboxylic acids is 2. The molecule has 126 valence electrons. The molecule has 0 N–H and O–H groups in total. The van der Waals surface area contributed by atoms with Crippen LogP contribution in [-0.4, -0.2) is 21.6 Å². The van der Waals surface area contributed by atoms with E-state index in [-0.39, 0.29) is 35.5 Å². The minimum atomic E-state index is -0.198. The lowest BCUT2D eigenvalue weighted by molar-refractivity contribution is -0.123. The Balaban J connectivity index is 1.42. The molecule has 2 bridgehead atoms. The molecule has 4 atom stereocenters. The van der Waals surface area contributed by atoms with Crippen LogP contribution in [0.4, 0.5) is 5.82 Å². The molecule has 1 aliphatic heterocycles. The molecule has 3 aliphatic rings. The summed E-state index contributed by atoms with van der Waals surface area (Å²) in [5, 5.41) is 5.12. The number of rotatable bonds is 3. The third-order valence-corrected chi connectivity index (χ3v) is 5.98. The fourth-order valence-corrected chi connectivity index (χ4v) is 4.68. The van der Waals surface area contributed by atoms with Crippen molar-refractivity contribution in [1.82, 2.24) is 9.78 Å². The second kappa shape index (κ2) is 5.30. The van der Waals surface area contributed by atoms with Gasteiger partial charge in [0, 0.05) is 17.3 Å². The van der Waals surface area contributed by atoms with Crippen molar-refractivity contribution in [2.45, 2.75) is 13.0 Å². The number of carbonyl (C=O) groups is 2. The molecular formula is C19H16ClN3O2. The number of aromatic nitrogens is 2. The zero-order valence-corrected chi connectivity index (χ0v) is 14.1. The molecule has 2 aromatic rings. The van der Waals surface area contributed by atoms with Crippen molar-refractivity contribution in [1.29, 1.82) is 0 Å². The van der Waals surface area contributed by atoms with E-state index in [2.05, 4.69) is 17.3 Å². The first kappa shape index (κ1) is 14.9. The van der Waals surface area contributed by atoms with Crippen LogP contribution < -0.4 is 4.90 Å². The van der Waals surface area contributed by atoms with E-state index in [0.29, 0.717) is 17.4 Å². The van der Waals surface area contributed by atoms with Crippen molar-refractivity contribution < 1.29 is 9.59 Å². The number of hydrogen-bond donors (Lipinski definition) is 0. The lowest BCUT2D eigenvalue weighted by Crippen LogP contribution is -2.33. The molecule has 25 heavy (non-hydrogen) atoms. The Labute approximate surface area is 149 Å². The average molecular weight is 354 g/mol. The first-order valence-corrected chi connectivity index (χ1v) is 8.84. The summed E-state index contributed by atoms with van der Waals surface area (Å²) < 4.78 is 1.71. The van der Waals surface area contributed by atoms with Crippen LogP contribution in [0, 0.1) is 23.7 Å². The predicted molar refractivity (Wildman–Crippen MR) is 93.0 cm³/mol. The maximum Gasteiger partial charge on any atom is 0.239 e. The topological polar surface area (TPSA) is 55.2 Å². The fraction of sp³-hybridized carbons (Fsp3) is 0.316. The Kier molecular flexibility index (Phi) is 3.16. The van der Waals surface area contributed by atoms with E-state index in [0.717, 1.165) is 12.0 Å². The number of nitrogens with zero attached hydrogens (tertiary/aromatic N) is 3. The maximum absolute atomic E-state index is 12.8. The van der Waals surface area contributed by atoms with Crippen LogP contribution in [-0.2, 0) is 16.1 Å². The van der Waals surface area contributed by atoms with Gasteiger partial charge in [-0.25, -0.2) is 4.90 Å². The van der Waals surface area contributed by atoms with Gasteiger partial charge in [-0.1, -0.05) is 42.0 Å². The Bertz CT molecular complexity index is 889. The summed E-state index contributed by atoms with van der Waals surface area (Å²) in [6, 6.07) is 9.29. The van der Waals surface area contributed by atoms with Gasteiger partial charge in [-0.3, -0.25) is 14.3 Å². The Morgan fingerprint density at radius 3 is 2.40 bits per heavy atom. The molecule has 5 rings (SSSR count). The van der Waals surface area contributed by atoms with Crippen LogP contribution in [0.25, 0.3) is 0 Å². The molecule has 1 saturated heterocycles. The second-order valence-corrected chi connectivity index (χ2v) is 7.38. The first-order chi connectivity index (χ1) is 12.1. The van der Waals surface area contributed by atoms with Crippen LogP contribution in [0.15, 0.2) is 48.7 Å². The number of hydrogen-bond acceptors (Lipinski definition) is 3. The Hall–Kier alpha value is -2.40. The van der Waals surface area contributed by atoms with Gasteiger partial charge in [-0.2, -0.15) is 5.10 Å². The third kappa shape index (κ3) is 2.12.